The highest BCUT2D eigenvalue weighted by Crippen LogP contribution is 2.20. The molecule has 0 spiro atoms. The Bertz CT molecular complexity index is 297. The number of rotatable bonds is 2. The van der Waals surface area contributed by atoms with Gasteiger partial charge < -0.3 is 4.90 Å². The van der Waals surface area contributed by atoms with E-state index in [0.29, 0.717) is 5.92 Å². The van der Waals surface area contributed by atoms with E-state index < -0.39 is 0 Å². The van der Waals surface area contributed by atoms with E-state index >= 15 is 0 Å². The molecule has 16 heavy (non-hydrogen) atoms. The lowest BCUT2D eigenvalue weighted by atomic mass is 10.1. The van der Waals surface area contributed by atoms with Crippen LogP contribution in [-0.2, 0) is 0 Å². The highest BCUT2D eigenvalue weighted by molar-refractivity contribution is 5.40. The second-order valence-corrected chi connectivity index (χ2v) is 4.65. The number of nitrogens with zero attached hydrogens (tertiary/aromatic N) is 2. The maximum Gasteiger partial charge on any atom is 0.128 e. The summed E-state index contributed by atoms with van der Waals surface area (Å²) in [5.41, 5.74) is 1.33. The van der Waals surface area contributed by atoms with Crippen molar-refractivity contribution in [2.75, 3.05) is 18.0 Å². The van der Waals surface area contributed by atoms with Crippen molar-refractivity contribution >= 4 is 5.82 Å². The van der Waals surface area contributed by atoms with Gasteiger partial charge in [0.25, 0.3) is 0 Å². The fraction of sp³-hybridized carbons (Fsp3) is 0.643. The average molecular weight is 220 g/mol. The Hall–Kier alpha value is -1.05. The van der Waals surface area contributed by atoms with Crippen LogP contribution < -0.4 is 4.90 Å². The first-order valence-electron chi connectivity index (χ1n) is 5.98. The summed E-state index contributed by atoms with van der Waals surface area (Å²) in [6, 6.07) is 4.38. The van der Waals surface area contributed by atoms with Crippen molar-refractivity contribution in [2.24, 2.45) is 0 Å². The molecule has 2 heteroatoms. The molecule has 2 heterocycles. The molecule has 0 saturated carbocycles. The zero-order valence-electron chi connectivity index (χ0n) is 9.74. The zero-order chi connectivity index (χ0) is 10.7. The number of anilines is 1. The molecule has 0 aromatic carbocycles. The SMILES string of the molecule is C.CC(C)c1ccc(N2CCCCC2)nc1. The maximum absolute atomic E-state index is 4.55. The lowest BCUT2D eigenvalue weighted by Crippen LogP contribution is -2.30. The summed E-state index contributed by atoms with van der Waals surface area (Å²) in [5, 5.41) is 0. The van der Waals surface area contributed by atoms with Crippen molar-refractivity contribution in [2.45, 2.75) is 46.5 Å². The van der Waals surface area contributed by atoms with Gasteiger partial charge in [-0.3, -0.25) is 0 Å². The smallest absolute Gasteiger partial charge is 0.128 e. The second kappa shape index (κ2) is 5.88. The zero-order valence-corrected chi connectivity index (χ0v) is 9.74. The Morgan fingerprint density at radius 3 is 2.31 bits per heavy atom. The van der Waals surface area contributed by atoms with Crippen LogP contribution in [-0.4, -0.2) is 18.1 Å². The molecule has 0 bridgehead atoms. The standard InChI is InChI=1S/C13H20N2.CH4/c1-11(2)12-6-7-13(14-10-12)15-8-4-3-5-9-15;/h6-7,10-11H,3-5,8-9H2,1-2H3;1H4. The molecule has 2 nitrogen and oxygen atoms in total. The van der Waals surface area contributed by atoms with E-state index in [0.717, 1.165) is 5.82 Å². The summed E-state index contributed by atoms with van der Waals surface area (Å²) in [5.74, 6) is 1.73. The van der Waals surface area contributed by atoms with Crippen LogP contribution in [0, 0.1) is 0 Å². The van der Waals surface area contributed by atoms with Crippen LogP contribution in [0.2, 0.25) is 0 Å². The van der Waals surface area contributed by atoms with Crippen LogP contribution in [0.3, 0.4) is 0 Å². The molecule has 1 aromatic rings. The normalized spacial score (nSPS) is 16.1. The quantitative estimate of drug-likeness (QED) is 0.753. The van der Waals surface area contributed by atoms with Crippen LogP contribution in [0.4, 0.5) is 5.82 Å². The van der Waals surface area contributed by atoms with Gasteiger partial charge >= 0.3 is 0 Å². The Labute approximate surface area is 99.7 Å². The molecule has 90 valence electrons. The first-order chi connectivity index (χ1) is 7.27. The second-order valence-electron chi connectivity index (χ2n) is 4.65. The first kappa shape index (κ1) is 13.0. The van der Waals surface area contributed by atoms with Gasteiger partial charge in [-0.05, 0) is 36.8 Å². The van der Waals surface area contributed by atoms with Crippen molar-refractivity contribution in [3.63, 3.8) is 0 Å². The molecule has 0 atom stereocenters. The van der Waals surface area contributed by atoms with E-state index in [1.807, 2.05) is 6.20 Å². The average Bonchev–Trinajstić information content (AvgIpc) is 2.30. The fourth-order valence-corrected chi connectivity index (χ4v) is 2.05. The van der Waals surface area contributed by atoms with Gasteiger partial charge in [-0.1, -0.05) is 27.3 Å². The number of piperidine rings is 1. The Morgan fingerprint density at radius 2 is 1.81 bits per heavy atom. The highest BCUT2D eigenvalue weighted by atomic mass is 15.2. The Morgan fingerprint density at radius 1 is 1.12 bits per heavy atom. The van der Waals surface area contributed by atoms with E-state index in [1.165, 1.54) is 37.9 Å². The van der Waals surface area contributed by atoms with Crippen LogP contribution >= 0.6 is 0 Å². The molecular weight excluding hydrogens is 196 g/mol. The fourth-order valence-electron chi connectivity index (χ4n) is 2.05. The first-order valence-corrected chi connectivity index (χ1v) is 5.98. The van der Waals surface area contributed by atoms with E-state index in [4.69, 9.17) is 0 Å². The van der Waals surface area contributed by atoms with Gasteiger partial charge in [-0.25, -0.2) is 4.98 Å². The van der Waals surface area contributed by atoms with Gasteiger partial charge in [-0.2, -0.15) is 0 Å². The largest absolute Gasteiger partial charge is 0.357 e. The lowest BCUT2D eigenvalue weighted by Gasteiger charge is -2.27. The highest BCUT2D eigenvalue weighted by Gasteiger charge is 2.11. The van der Waals surface area contributed by atoms with Crippen LogP contribution in [0.25, 0.3) is 0 Å². The Balaban J connectivity index is 0.00000128. The summed E-state index contributed by atoms with van der Waals surface area (Å²) >= 11 is 0. The predicted molar refractivity (Wildman–Crippen MR) is 71.1 cm³/mol. The lowest BCUT2D eigenvalue weighted by molar-refractivity contribution is 0.573. The Kier molecular flexibility index (Phi) is 4.78. The van der Waals surface area contributed by atoms with Gasteiger partial charge in [0, 0.05) is 19.3 Å². The maximum atomic E-state index is 4.55. The molecule has 0 amide bonds. The third-order valence-electron chi connectivity index (χ3n) is 3.12. The molecule has 0 aliphatic carbocycles. The van der Waals surface area contributed by atoms with Crippen LogP contribution in [0.1, 0.15) is 52.0 Å². The number of hydrogen-bond donors (Lipinski definition) is 0. The van der Waals surface area contributed by atoms with Crippen molar-refractivity contribution < 1.29 is 0 Å². The number of aromatic nitrogens is 1. The van der Waals surface area contributed by atoms with E-state index in [-0.39, 0.29) is 7.43 Å². The minimum absolute atomic E-state index is 0. The van der Waals surface area contributed by atoms with Gasteiger partial charge in [0.05, 0.1) is 0 Å². The van der Waals surface area contributed by atoms with Gasteiger partial charge in [-0.15, -0.1) is 0 Å². The van der Waals surface area contributed by atoms with Gasteiger partial charge in [0.15, 0.2) is 0 Å². The third-order valence-corrected chi connectivity index (χ3v) is 3.12. The minimum Gasteiger partial charge on any atom is -0.357 e. The summed E-state index contributed by atoms with van der Waals surface area (Å²) < 4.78 is 0. The van der Waals surface area contributed by atoms with Crippen LogP contribution in [0.15, 0.2) is 18.3 Å². The predicted octanol–water partition coefficient (Wildman–Crippen LogP) is 3.83. The number of pyridine rings is 1. The minimum atomic E-state index is 0. The molecular formula is C14H24N2. The van der Waals surface area contributed by atoms with E-state index in [1.54, 1.807) is 0 Å². The van der Waals surface area contributed by atoms with Crippen LogP contribution in [0.5, 0.6) is 0 Å². The third kappa shape index (κ3) is 2.97. The van der Waals surface area contributed by atoms with Crippen molar-refractivity contribution in [1.82, 2.24) is 4.98 Å². The summed E-state index contributed by atoms with van der Waals surface area (Å²) in [7, 11) is 0. The molecule has 0 unspecified atom stereocenters. The topological polar surface area (TPSA) is 16.1 Å². The number of hydrogen-bond acceptors (Lipinski definition) is 2. The molecule has 1 aliphatic rings. The van der Waals surface area contributed by atoms with Crippen molar-refractivity contribution in [3.8, 4) is 0 Å². The molecule has 1 aromatic heterocycles. The molecule has 1 saturated heterocycles. The molecule has 2 rings (SSSR count). The molecule has 0 N–H and O–H groups in total. The summed E-state index contributed by atoms with van der Waals surface area (Å²) in [6.45, 7) is 6.76. The summed E-state index contributed by atoms with van der Waals surface area (Å²) in [4.78, 5) is 6.95. The van der Waals surface area contributed by atoms with Crippen molar-refractivity contribution in [3.05, 3.63) is 23.9 Å². The van der Waals surface area contributed by atoms with E-state index in [9.17, 15) is 0 Å². The monoisotopic (exact) mass is 220 g/mol. The van der Waals surface area contributed by atoms with Crippen molar-refractivity contribution in [1.29, 1.82) is 0 Å². The molecule has 1 fully saturated rings. The van der Waals surface area contributed by atoms with E-state index in [2.05, 4.69) is 35.9 Å². The molecule has 0 radical (unpaired) electrons. The van der Waals surface area contributed by atoms with Gasteiger partial charge in [0.1, 0.15) is 5.82 Å². The molecule has 1 aliphatic heterocycles. The summed E-state index contributed by atoms with van der Waals surface area (Å²) in [6.07, 6.45) is 6.02. The van der Waals surface area contributed by atoms with Gasteiger partial charge in [0.2, 0.25) is 0 Å².